The van der Waals surface area contributed by atoms with Crippen LogP contribution in [0.25, 0.3) is 6.08 Å². The highest BCUT2D eigenvalue weighted by molar-refractivity contribution is 7.85. The van der Waals surface area contributed by atoms with Crippen molar-refractivity contribution in [1.29, 1.82) is 0 Å². The van der Waals surface area contributed by atoms with Gasteiger partial charge in [-0.1, -0.05) is 65.7 Å². The molecule has 1 atom stereocenters. The largest absolute Gasteiger partial charge is 0.234 e. The smallest absolute Gasteiger partial charge is 0.145 e. The Labute approximate surface area is 147 Å². The van der Waals surface area contributed by atoms with Crippen LogP contribution in [0.4, 0.5) is 0 Å². The standard InChI is InChI=1S/C21H25NOS/c1-16-6-10-18(11-7-16)12-15-20(22-24(23)21(3,4)5)19-13-8-17(2)9-14-19/h6-15H,1-5H3/b15-12+,22-20+/t24-/m1/s1. The van der Waals surface area contributed by atoms with Crippen LogP contribution in [0.15, 0.2) is 59.0 Å². The SMILES string of the molecule is Cc1ccc(/C=C/C(=N\[S@](=O)C(C)(C)C)c2ccc(C)cc2)cc1. The zero-order valence-corrected chi connectivity index (χ0v) is 15.9. The Kier molecular flexibility index (Phi) is 5.89. The number of nitrogens with zero attached hydrogens (tertiary/aromatic N) is 1. The lowest BCUT2D eigenvalue weighted by Gasteiger charge is -2.14. The Morgan fingerprint density at radius 1 is 0.917 bits per heavy atom. The highest BCUT2D eigenvalue weighted by atomic mass is 32.2. The van der Waals surface area contributed by atoms with E-state index in [0.29, 0.717) is 0 Å². The summed E-state index contributed by atoms with van der Waals surface area (Å²) in [6.07, 6.45) is 3.96. The quantitative estimate of drug-likeness (QED) is 0.698. The van der Waals surface area contributed by atoms with Crippen molar-refractivity contribution in [3.8, 4) is 0 Å². The third-order valence-electron chi connectivity index (χ3n) is 3.56. The maximum atomic E-state index is 12.5. The van der Waals surface area contributed by atoms with E-state index in [4.69, 9.17) is 0 Å². The van der Waals surface area contributed by atoms with E-state index in [1.165, 1.54) is 11.1 Å². The summed E-state index contributed by atoms with van der Waals surface area (Å²) in [7, 11) is -1.30. The van der Waals surface area contributed by atoms with Gasteiger partial charge >= 0.3 is 0 Å². The summed E-state index contributed by atoms with van der Waals surface area (Å²) in [4.78, 5) is 0. The zero-order chi connectivity index (χ0) is 17.7. The molecule has 0 amide bonds. The second kappa shape index (κ2) is 7.71. The maximum Gasteiger partial charge on any atom is 0.145 e. The average molecular weight is 340 g/mol. The van der Waals surface area contributed by atoms with Crippen molar-refractivity contribution >= 4 is 22.8 Å². The van der Waals surface area contributed by atoms with Gasteiger partial charge in [-0.05, 0) is 46.3 Å². The Morgan fingerprint density at radius 2 is 1.42 bits per heavy atom. The Balaban J connectivity index is 2.39. The molecule has 0 radical (unpaired) electrons. The lowest BCUT2D eigenvalue weighted by molar-refractivity contribution is 0.650. The van der Waals surface area contributed by atoms with Crippen LogP contribution in [0, 0.1) is 13.8 Å². The third kappa shape index (κ3) is 5.27. The fourth-order valence-corrected chi connectivity index (χ4v) is 2.60. The van der Waals surface area contributed by atoms with E-state index in [9.17, 15) is 4.21 Å². The van der Waals surface area contributed by atoms with Crippen molar-refractivity contribution in [2.45, 2.75) is 39.4 Å². The number of hydrogen-bond acceptors (Lipinski definition) is 1. The summed E-state index contributed by atoms with van der Waals surface area (Å²) in [5.41, 5.74) is 5.23. The van der Waals surface area contributed by atoms with Gasteiger partial charge in [-0.3, -0.25) is 0 Å². The van der Waals surface area contributed by atoms with E-state index >= 15 is 0 Å². The Hall–Kier alpha value is -2.00. The van der Waals surface area contributed by atoms with Crippen LogP contribution >= 0.6 is 0 Å². The van der Waals surface area contributed by atoms with Crippen LogP contribution in [0.3, 0.4) is 0 Å². The first kappa shape index (κ1) is 18.3. The number of rotatable bonds is 4. The van der Waals surface area contributed by atoms with Gasteiger partial charge in [0.1, 0.15) is 11.0 Å². The molecule has 0 saturated heterocycles. The highest BCUT2D eigenvalue weighted by Gasteiger charge is 2.19. The van der Waals surface area contributed by atoms with Gasteiger partial charge in [0.05, 0.1) is 10.5 Å². The van der Waals surface area contributed by atoms with Gasteiger partial charge in [-0.15, -0.1) is 0 Å². The van der Waals surface area contributed by atoms with E-state index in [1.54, 1.807) is 0 Å². The first-order chi connectivity index (χ1) is 11.3. The van der Waals surface area contributed by atoms with Gasteiger partial charge in [0.25, 0.3) is 0 Å². The van der Waals surface area contributed by atoms with E-state index < -0.39 is 11.0 Å². The second-order valence-electron chi connectivity index (χ2n) is 6.95. The van der Waals surface area contributed by atoms with Gasteiger partial charge in [-0.25, -0.2) is 4.21 Å². The number of allylic oxidation sites excluding steroid dienone is 1. The van der Waals surface area contributed by atoms with Gasteiger partial charge in [-0.2, -0.15) is 4.40 Å². The first-order valence-corrected chi connectivity index (χ1v) is 9.19. The molecule has 2 rings (SSSR count). The molecule has 24 heavy (non-hydrogen) atoms. The molecule has 0 fully saturated rings. The van der Waals surface area contributed by atoms with Crippen molar-refractivity contribution in [1.82, 2.24) is 0 Å². The molecule has 0 bridgehead atoms. The molecular weight excluding hydrogens is 314 g/mol. The molecule has 2 nitrogen and oxygen atoms in total. The molecule has 0 aromatic heterocycles. The van der Waals surface area contributed by atoms with Crippen LogP contribution < -0.4 is 0 Å². The van der Waals surface area contributed by atoms with Gasteiger partial charge in [0.15, 0.2) is 0 Å². The summed E-state index contributed by atoms with van der Waals surface area (Å²) in [6.45, 7) is 9.92. The topological polar surface area (TPSA) is 29.4 Å². The van der Waals surface area contributed by atoms with Gasteiger partial charge < -0.3 is 0 Å². The van der Waals surface area contributed by atoms with Crippen molar-refractivity contribution in [2.75, 3.05) is 0 Å². The Morgan fingerprint density at radius 3 is 1.92 bits per heavy atom. The summed E-state index contributed by atoms with van der Waals surface area (Å²) < 4.78 is 16.6. The van der Waals surface area contributed by atoms with E-state index in [1.807, 2.05) is 57.2 Å². The molecular formula is C21H25NOS. The first-order valence-electron chi connectivity index (χ1n) is 8.08. The minimum atomic E-state index is -1.30. The molecule has 126 valence electrons. The monoisotopic (exact) mass is 339 g/mol. The molecule has 0 heterocycles. The summed E-state index contributed by atoms with van der Waals surface area (Å²) in [5, 5.41) is 0. The molecule has 0 unspecified atom stereocenters. The molecule has 0 aliphatic carbocycles. The average Bonchev–Trinajstić information content (AvgIpc) is 2.52. The lowest BCUT2D eigenvalue weighted by Crippen LogP contribution is -2.20. The number of benzene rings is 2. The summed E-state index contributed by atoms with van der Waals surface area (Å²) >= 11 is 0. The zero-order valence-electron chi connectivity index (χ0n) is 15.0. The van der Waals surface area contributed by atoms with Crippen molar-refractivity contribution in [3.63, 3.8) is 0 Å². The van der Waals surface area contributed by atoms with E-state index in [2.05, 4.69) is 42.5 Å². The van der Waals surface area contributed by atoms with Crippen molar-refractivity contribution in [2.24, 2.45) is 4.40 Å². The fourth-order valence-electron chi connectivity index (χ4n) is 1.98. The summed E-state index contributed by atoms with van der Waals surface area (Å²) in [6, 6.07) is 16.4. The second-order valence-corrected chi connectivity index (χ2v) is 8.85. The predicted octanol–water partition coefficient (Wildman–Crippen LogP) is 5.27. The van der Waals surface area contributed by atoms with E-state index in [-0.39, 0.29) is 4.75 Å². The number of aryl methyl sites for hydroxylation is 2. The normalized spacial score (nSPS) is 14.1. The molecule has 0 N–H and O–H groups in total. The van der Waals surface area contributed by atoms with Crippen molar-refractivity contribution in [3.05, 3.63) is 76.9 Å². The maximum absolute atomic E-state index is 12.5. The molecule has 0 aliphatic rings. The highest BCUT2D eigenvalue weighted by Crippen LogP contribution is 2.16. The van der Waals surface area contributed by atoms with Crippen LogP contribution in [-0.2, 0) is 11.0 Å². The van der Waals surface area contributed by atoms with Gasteiger partial charge in [0, 0.05) is 5.56 Å². The minimum absolute atomic E-state index is 0.381. The van der Waals surface area contributed by atoms with Crippen molar-refractivity contribution < 1.29 is 4.21 Å². The molecule has 0 spiro atoms. The Bertz CT molecular complexity index is 763. The summed E-state index contributed by atoms with van der Waals surface area (Å²) in [5.74, 6) is 0. The fraction of sp³-hybridized carbons (Fsp3) is 0.286. The number of hydrogen-bond donors (Lipinski definition) is 0. The molecule has 2 aromatic rings. The molecule has 0 saturated carbocycles. The molecule has 3 heteroatoms. The third-order valence-corrected chi connectivity index (χ3v) is 4.97. The van der Waals surface area contributed by atoms with Crippen LogP contribution in [0.1, 0.15) is 43.0 Å². The van der Waals surface area contributed by atoms with E-state index in [0.717, 1.165) is 16.8 Å². The van der Waals surface area contributed by atoms with Crippen LogP contribution in [-0.4, -0.2) is 14.7 Å². The predicted molar refractivity (Wildman–Crippen MR) is 106 cm³/mol. The van der Waals surface area contributed by atoms with Crippen LogP contribution in [0.2, 0.25) is 0 Å². The lowest BCUT2D eigenvalue weighted by atomic mass is 10.1. The van der Waals surface area contributed by atoms with Crippen LogP contribution in [0.5, 0.6) is 0 Å². The van der Waals surface area contributed by atoms with Gasteiger partial charge in [0.2, 0.25) is 0 Å². The minimum Gasteiger partial charge on any atom is -0.234 e. The molecule has 0 aliphatic heterocycles. The molecule has 2 aromatic carbocycles.